The van der Waals surface area contributed by atoms with Crippen LogP contribution < -0.4 is 10.1 Å². The summed E-state index contributed by atoms with van der Waals surface area (Å²) in [7, 11) is 1.64. The summed E-state index contributed by atoms with van der Waals surface area (Å²) in [5.74, 6) is 0.784. The molecule has 0 aliphatic carbocycles. The summed E-state index contributed by atoms with van der Waals surface area (Å²) in [4.78, 5) is 14.3. The van der Waals surface area contributed by atoms with Crippen LogP contribution in [0.4, 0.5) is 5.69 Å². The van der Waals surface area contributed by atoms with E-state index in [1.165, 1.54) is 0 Å². The first-order valence-electron chi connectivity index (χ1n) is 8.44. The van der Waals surface area contributed by atoms with Crippen LogP contribution in [0.5, 0.6) is 5.75 Å². The number of aliphatic hydroxyl groups is 1. The van der Waals surface area contributed by atoms with E-state index in [1.807, 2.05) is 55.5 Å². The van der Waals surface area contributed by atoms with Crippen molar-refractivity contribution in [2.75, 3.05) is 32.1 Å². The molecule has 25 heavy (non-hydrogen) atoms. The highest BCUT2D eigenvalue weighted by Crippen LogP contribution is 2.19. The molecular weight excluding hydrogens is 316 g/mol. The quantitative estimate of drug-likeness (QED) is 0.736. The molecule has 0 bridgehead atoms. The minimum atomic E-state index is -0.0303. The van der Waals surface area contributed by atoms with E-state index < -0.39 is 0 Å². The summed E-state index contributed by atoms with van der Waals surface area (Å²) in [6.07, 6.45) is 0.365. The molecule has 0 saturated carbocycles. The third kappa shape index (κ3) is 5.89. The molecule has 0 atom stereocenters. The Kier molecular flexibility index (Phi) is 7.44. The van der Waals surface area contributed by atoms with Crippen LogP contribution in [0.2, 0.25) is 0 Å². The highest BCUT2D eigenvalue weighted by atomic mass is 16.5. The number of carbonyl (C=O) groups excluding carboxylic acids is 1. The van der Waals surface area contributed by atoms with E-state index in [1.54, 1.807) is 7.11 Å². The first-order valence-corrected chi connectivity index (χ1v) is 8.44. The molecule has 0 radical (unpaired) electrons. The van der Waals surface area contributed by atoms with Crippen molar-refractivity contribution in [2.24, 2.45) is 0 Å². The zero-order chi connectivity index (χ0) is 18.1. The summed E-state index contributed by atoms with van der Waals surface area (Å²) in [6, 6.07) is 15.5. The minimum Gasteiger partial charge on any atom is -0.496 e. The van der Waals surface area contributed by atoms with Crippen molar-refractivity contribution in [3.63, 3.8) is 0 Å². The molecule has 0 spiro atoms. The van der Waals surface area contributed by atoms with Crippen LogP contribution in [-0.2, 0) is 11.3 Å². The van der Waals surface area contributed by atoms with Gasteiger partial charge < -0.3 is 15.2 Å². The van der Waals surface area contributed by atoms with Crippen molar-refractivity contribution in [3.05, 3.63) is 59.7 Å². The number of hydrogen-bond donors (Lipinski definition) is 2. The highest BCUT2D eigenvalue weighted by molar-refractivity contribution is 5.91. The Morgan fingerprint density at radius 2 is 1.84 bits per heavy atom. The number of ether oxygens (including phenoxy) is 1. The molecule has 0 heterocycles. The molecule has 134 valence electrons. The van der Waals surface area contributed by atoms with Gasteiger partial charge in [0.15, 0.2) is 0 Å². The minimum absolute atomic E-state index is 0.0303. The number of para-hydroxylation sites is 2. The molecule has 5 nitrogen and oxygen atoms in total. The molecule has 5 heteroatoms. The lowest BCUT2D eigenvalue weighted by Gasteiger charge is -2.22. The van der Waals surface area contributed by atoms with Gasteiger partial charge in [-0.3, -0.25) is 9.69 Å². The van der Waals surface area contributed by atoms with Crippen molar-refractivity contribution >= 4 is 11.6 Å². The molecular formula is C20H26N2O3. The zero-order valence-electron chi connectivity index (χ0n) is 14.9. The van der Waals surface area contributed by atoms with Gasteiger partial charge in [0.2, 0.25) is 5.91 Å². The molecule has 0 saturated heterocycles. The lowest BCUT2D eigenvalue weighted by atomic mass is 10.1. The van der Waals surface area contributed by atoms with Gasteiger partial charge in [0.25, 0.3) is 0 Å². The van der Waals surface area contributed by atoms with Crippen LogP contribution in [0, 0.1) is 6.92 Å². The lowest BCUT2D eigenvalue weighted by molar-refractivity contribution is -0.116. The third-order valence-electron chi connectivity index (χ3n) is 4.08. The average Bonchev–Trinajstić information content (AvgIpc) is 2.62. The molecule has 1 amide bonds. The maximum absolute atomic E-state index is 12.2. The number of carbonyl (C=O) groups is 1. The van der Waals surface area contributed by atoms with Crippen LogP contribution in [0.1, 0.15) is 17.5 Å². The van der Waals surface area contributed by atoms with Gasteiger partial charge in [0, 0.05) is 37.3 Å². The third-order valence-corrected chi connectivity index (χ3v) is 4.08. The number of aryl methyl sites for hydroxylation is 1. The number of nitrogens with zero attached hydrogens (tertiary/aromatic N) is 1. The van der Waals surface area contributed by atoms with Gasteiger partial charge in [-0.2, -0.15) is 0 Å². The predicted molar refractivity (Wildman–Crippen MR) is 99.8 cm³/mol. The molecule has 2 aromatic carbocycles. The zero-order valence-corrected chi connectivity index (χ0v) is 14.9. The molecule has 2 N–H and O–H groups in total. The topological polar surface area (TPSA) is 61.8 Å². The van der Waals surface area contributed by atoms with Crippen molar-refractivity contribution in [2.45, 2.75) is 19.9 Å². The Balaban J connectivity index is 1.92. The molecule has 2 rings (SSSR count). The molecule has 0 aliphatic rings. The molecule has 0 unspecified atom stereocenters. The predicted octanol–water partition coefficient (Wildman–Crippen LogP) is 2.83. The van der Waals surface area contributed by atoms with Crippen molar-refractivity contribution in [1.82, 2.24) is 4.90 Å². The SMILES string of the molecule is COc1ccccc1CN(CCO)CCC(=O)Nc1ccccc1C. The van der Waals surface area contributed by atoms with Gasteiger partial charge in [0.05, 0.1) is 13.7 Å². The second-order valence-corrected chi connectivity index (χ2v) is 5.92. The van der Waals surface area contributed by atoms with E-state index in [0.717, 1.165) is 22.6 Å². The highest BCUT2D eigenvalue weighted by Gasteiger charge is 2.12. The fourth-order valence-electron chi connectivity index (χ4n) is 2.67. The van der Waals surface area contributed by atoms with Crippen molar-refractivity contribution in [3.8, 4) is 5.75 Å². The fraction of sp³-hybridized carbons (Fsp3) is 0.350. The Hall–Kier alpha value is -2.37. The average molecular weight is 342 g/mol. The van der Waals surface area contributed by atoms with Crippen LogP contribution in [0.25, 0.3) is 0 Å². The summed E-state index contributed by atoms with van der Waals surface area (Å²) in [5.41, 5.74) is 2.92. The van der Waals surface area contributed by atoms with Gasteiger partial charge in [-0.05, 0) is 24.6 Å². The molecule has 0 fully saturated rings. The number of nitrogens with one attached hydrogen (secondary N) is 1. The van der Waals surface area contributed by atoms with E-state index in [-0.39, 0.29) is 12.5 Å². The standard InChI is InChI=1S/C20H26N2O3/c1-16-7-3-5-9-18(16)21-20(24)11-12-22(13-14-23)15-17-8-4-6-10-19(17)25-2/h3-10,23H,11-15H2,1-2H3,(H,21,24). The van der Waals surface area contributed by atoms with E-state index >= 15 is 0 Å². The number of anilines is 1. The van der Waals surface area contributed by atoms with Gasteiger partial charge in [-0.1, -0.05) is 36.4 Å². The number of aliphatic hydroxyl groups excluding tert-OH is 1. The normalized spacial score (nSPS) is 10.7. The van der Waals surface area contributed by atoms with Crippen LogP contribution in [0.3, 0.4) is 0 Å². The number of hydrogen-bond acceptors (Lipinski definition) is 4. The Labute approximate surface area is 149 Å². The first kappa shape index (κ1) is 19.0. The Morgan fingerprint density at radius 1 is 1.12 bits per heavy atom. The van der Waals surface area contributed by atoms with Crippen LogP contribution in [-0.4, -0.2) is 42.7 Å². The second kappa shape index (κ2) is 9.81. The largest absolute Gasteiger partial charge is 0.496 e. The number of amides is 1. The summed E-state index contributed by atoms with van der Waals surface area (Å²) < 4.78 is 5.37. The molecule has 0 aromatic heterocycles. The number of rotatable bonds is 9. The summed E-state index contributed by atoms with van der Waals surface area (Å²) in [6.45, 7) is 3.72. The summed E-state index contributed by atoms with van der Waals surface area (Å²) in [5, 5.41) is 12.2. The van der Waals surface area contributed by atoms with Crippen molar-refractivity contribution in [1.29, 1.82) is 0 Å². The summed E-state index contributed by atoms with van der Waals surface area (Å²) >= 11 is 0. The fourth-order valence-corrected chi connectivity index (χ4v) is 2.67. The van der Waals surface area contributed by atoms with E-state index in [2.05, 4.69) is 10.2 Å². The van der Waals surface area contributed by atoms with Crippen LogP contribution in [0.15, 0.2) is 48.5 Å². The number of benzene rings is 2. The van der Waals surface area contributed by atoms with Gasteiger partial charge in [-0.15, -0.1) is 0 Å². The van der Waals surface area contributed by atoms with Gasteiger partial charge >= 0.3 is 0 Å². The van der Waals surface area contributed by atoms with E-state index in [4.69, 9.17) is 4.74 Å². The van der Waals surface area contributed by atoms with Crippen LogP contribution >= 0.6 is 0 Å². The second-order valence-electron chi connectivity index (χ2n) is 5.92. The monoisotopic (exact) mass is 342 g/mol. The van der Waals surface area contributed by atoms with E-state index in [0.29, 0.717) is 26.1 Å². The maximum Gasteiger partial charge on any atom is 0.225 e. The maximum atomic E-state index is 12.2. The van der Waals surface area contributed by atoms with E-state index in [9.17, 15) is 9.90 Å². The smallest absolute Gasteiger partial charge is 0.225 e. The van der Waals surface area contributed by atoms with Gasteiger partial charge in [0.1, 0.15) is 5.75 Å². The first-order chi connectivity index (χ1) is 12.1. The lowest BCUT2D eigenvalue weighted by Crippen LogP contribution is -2.30. The number of methoxy groups -OCH3 is 1. The Morgan fingerprint density at radius 3 is 2.56 bits per heavy atom. The molecule has 2 aromatic rings. The Bertz CT molecular complexity index is 688. The molecule has 0 aliphatic heterocycles. The van der Waals surface area contributed by atoms with Crippen molar-refractivity contribution < 1.29 is 14.6 Å². The van der Waals surface area contributed by atoms with Gasteiger partial charge in [-0.25, -0.2) is 0 Å².